The Morgan fingerprint density at radius 2 is 1.88 bits per heavy atom. The molecule has 1 heterocycles. The summed E-state index contributed by atoms with van der Waals surface area (Å²) in [4.78, 5) is 29.5. The van der Waals surface area contributed by atoms with E-state index in [9.17, 15) is 14.7 Å². The second-order valence-electron chi connectivity index (χ2n) is 8.54. The standard InChI is InChI=1S/C24H32N4O4/c1-16-13-28(17(2)15-29)23(30)20-12-19(10-11-21(20)32-22(16)14-27(3)4)26-24(31)25-18-8-6-5-7-9-18/h5-12,16-17,22,29H,13-15H2,1-4H3,(H2,25,26,31)/t16-,17+,22-/m1/s1. The molecule has 32 heavy (non-hydrogen) atoms. The van der Waals surface area contributed by atoms with E-state index in [1.807, 2.05) is 51.0 Å². The Morgan fingerprint density at radius 1 is 1.19 bits per heavy atom. The number of anilines is 2. The SMILES string of the molecule is C[C@@H]1CN([C@@H](C)CO)C(=O)c2cc(NC(=O)Nc3ccccc3)ccc2O[C@@H]1CN(C)C. The van der Waals surface area contributed by atoms with Gasteiger partial charge in [0, 0.05) is 30.4 Å². The van der Waals surface area contributed by atoms with Crippen LogP contribution in [0.1, 0.15) is 24.2 Å². The van der Waals surface area contributed by atoms with E-state index in [0.717, 1.165) is 0 Å². The molecular formula is C24H32N4O4. The maximum Gasteiger partial charge on any atom is 0.323 e. The molecule has 3 amide bonds. The predicted octanol–water partition coefficient (Wildman–Crippen LogP) is 3.11. The number of para-hydroxylation sites is 1. The molecule has 2 aromatic rings. The summed E-state index contributed by atoms with van der Waals surface area (Å²) >= 11 is 0. The molecule has 1 aliphatic heterocycles. The molecule has 3 atom stereocenters. The second kappa shape index (κ2) is 10.5. The zero-order valence-corrected chi connectivity index (χ0v) is 19.0. The molecule has 0 unspecified atom stereocenters. The van der Waals surface area contributed by atoms with Crippen molar-refractivity contribution in [3.63, 3.8) is 0 Å². The number of nitrogens with one attached hydrogen (secondary N) is 2. The van der Waals surface area contributed by atoms with Crippen molar-refractivity contribution in [2.75, 3.05) is 44.4 Å². The van der Waals surface area contributed by atoms with Crippen molar-refractivity contribution in [3.05, 3.63) is 54.1 Å². The van der Waals surface area contributed by atoms with Gasteiger partial charge in [-0.2, -0.15) is 0 Å². The third kappa shape index (κ3) is 5.77. The lowest BCUT2D eigenvalue weighted by Crippen LogP contribution is -2.49. The zero-order valence-electron chi connectivity index (χ0n) is 19.0. The Labute approximate surface area is 189 Å². The van der Waals surface area contributed by atoms with Crippen molar-refractivity contribution in [2.24, 2.45) is 5.92 Å². The van der Waals surface area contributed by atoms with Gasteiger partial charge >= 0.3 is 6.03 Å². The zero-order chi connectivity index (χ0) is 23.3. The van der Waals surface area contributed by atoms with E-state index >= 15 is 0 Å². The first kappa shape index (κ1) is 23.6. The Hall–Kier alpha value is -3.10. The van der Waals surface area contributed by atoms with Crippen LogP contribution in [0.25, 0.3) is 0 Å². The van der Waals surface area contributed by atoms with Crippen LogP contribution in [-0.2, 0) is 0 Å². The van der Waals surface area contributed by atoms with Gasteiger partial charge in [-0.05, 0) is 51.4 Å². The molecule has 0 spiro atoms. The van der Waals surface area contributed by atoms with Crippen LogP contribution in [0.15, 0.2) is 48.5 Å². The van der Waals surface area contributed by atoms with Crippen LogP contribution < -0.4 is 15.4 Å². The number of aliphatic hydroxyl groups excluding tert-OH is 1. The molecule has 0 fully saturated rings. The summed E-state index contributed by atoms with van der Waals surface area (Å²) in [5, 5.41) is 15.3. The molecule has 0 radical (unpaired) electrons. The summed E-state index contributed by atoms with van der Waals surface area (Å²) in [5.74, 6) is 0.305. The predicted molar refractivity (Wildman–Crippen MR) is 125 cm³/mol. The number of aliphatic hydroxyl groups is 1. The van der Waals surface area contributed by atoms with Gasteiger partial charge in [0.05, 0.1) is 18.2 Å². The average Bonchev–Trinajstić information content (AvgIpc) is 2.76. The number of carbonyl (C=O) groups excluding carboxylic acids is 2. The van der Waals surface area contributed by atoms with Gasteiger partial charge in [-0.25, -0.2) is 4.79 Å². The lowest BCUT2D eigenvalue weighted by atomic mass is 9.99. The van der Waals surface area contributed by atoms with Gasteiger partial charge < -0.3 is 30.3 Å². The van der Waals surface area contributed by atoms with Gasteiger partial charge in [0.2, 0.25) is 0 Å². The first-order valence-corrected chi connectivity index (χ1v) is 10.8. The smallest absolute Gasteiger partial charge is 0.323 e. The van der Waals surface area contributed by atoms with Crippen molar-refractivity contribution >= 4 is 23.3 Å². The van der Waals surface area contributed by atoms with E-state index in [1.165, 1.54) is 0 Å². The number of nitrogens with zero attached hydrogens (tertiary/aromatic N) is 2. The average molecular weight is 441 g/mol. The first-order chi connectivity index (χ1) is 15.3. The van der Waals surface area contributed by atoms with E-state index in [0.29, 0.717) is 35.8 Å². The number of amides is 3. The van der Waals surface area contributed by atoms with Crippen molar-refractivity contribution in [1.29, 1.82) is 0 Å². The molecule has 0 aromatic heterocycles. The molecule has 8 nitrogen and oxygen atoms in total. The molecule has 0 bridgehead atoms. The maximum atomic E-state index is 13.4. The highest BCUT2D eigenvalue weighted by molar-refractivity contribution is 6.02. The summed E-state index contributed by atoms with van der Waals surface area (Å²) in [6.45, 7) is 4.89. The molecule has 0 saturated carbocycles. The largest absolute Gasteiger partial charge is 0.488 e. The van der Waals surface area contributed by atoms with Crippen molar-refractivity contribution in [1.82, 2.24) is 9.80 Å². The summed E-state index contributed by atoms with van der Waals surface area (Å²) in [6.07, 6.45) is -0.134. The summed E-state index contributed by atoms with van der Waals surface area (Å²) in [6, 6.07) is 13.4. The number of ether oxygens (including phenoxy) is 1. The van der Waals surface area contributed by atoms with Gasteiger partial charge in [0.25, 0.3) is 5.91 Å². The lowest BCUT2D eigenvalue weighted by Gasteiger charge is -2.37. The highest BCUT2D eigenvalue weighted by Gasteiger charge is 2.33. The fourth-order valence-corrected chi connectivity index (χ4v) is 3.69. The summed E-state index contributed by atoms with van der Waals surface area (Å²) < 4.78 is 6.27. The van der Waals surface area contributed by atoms with Crippen LogP contribution >= 0.6 is 0 Å². The van der Waals surface area contributed by atoms with Gasteiger partial charge in [-0.3, -0.25) is 4.79 Å². The summed E-state index contributed by atoms with van der Waals surface area (Å²) in [5.41, 5.74) is 1.50. The number of hydrogen-bond acceptors (Lipinski definition) is 5. The minimum absolute atomic E-state index is 0.0675. The molecule has 3 rings (SSSR count). The number of urea groups is 1. The molecule has 8 heteroatoms. The number of benzene rings is 2. The number of carbonyl (C=O) groups is 2. The Kier molecular flexibility index (Phi) is 7.71. The normalized spacial score (nSPS) is 19.4. The number of rotatable bonds is 6. The van der Waals surface area contributed by atoms with Crippen LogP contribution in [0.5, 0.6) is 5.75 Å². The molecular weight excluding hydrogens is 408 g/mol. The van der Waals surface area contributed by atoms with Gasteiger partial charge in [-0.1, -0.05) is 25.1 Å². The quantitative estimate of drug-likeness (QED) is 0.642. The molecule has 0 aliphatic carbocycles. The molecule has 3 N–H and O–H groups in total. The van der Waals surface area contributed by atoms with Gasteiger partial charge in [-0.15, -0.1) is 0 Å². The highest BCUT2D eigenvalue weighted by Crippen LogP contribution is 2.30. The highest BCUT2D eigenvalue weighted by atomic mass is 16.5. The molecule has 172 valence electrons. The molecule has 0 saturated heterocycles. The monoisotopic (exact) mass is 440 g/mol. The van der Waals surface area contributed by atoms with Gasteiger partial charge in [0.15, 0.2) is 0 Å². The van der Waals surface area contributed by atoms with Crippen LogP contribution in [0, 0.1) is 5.92 Å². The molecule has 1 aliphatic rings. The fourth-order valence-electron chi connectivity index (χ4n) is 3.69. The second-order valence-corrected chi connectivity index (χ2v) is 8.54. The van der Waals surface area contributed by atoms with Crippen molar-refractivity contribution in [3.8, 4) is 5.75 Å². The van der Waals surface area contributed by atoms with E-state index in [-0.39, 0.29) is 30.6 Å². The van der Waals surface area contributed by atoms with Gasteiger partial charge in [0.1, 0.15) is 11.9 Å². The van der Waals surface area contributed by atoms with E-state index < -0.39 is 6.03 Å². The fraction of sp³-hybridized carbons (Fsp3) is 0.417. The Balaban J connectivity index is 1.89. The Bertz CT molecular complexity index is 935. The van der Waals surface area contributed by atoms with Crippen molar-refractivity contribution < 1.29 is 19.4 Å². The lowest BCUT2D eigenvalue weighted by molar-refractivity contribution is 0.0363. The minimum atomic E-state index is -0.407. The van der Waals surface area contributed by atoms with E-state index in [4.69, 9.17) is 4.74 Å². The van der Waals surface area contributed by atoms with Crippen LogP contribution in [-0.4, -0.2) is 72.8 Å². The minimum Gasteiger partial charge on any atom is -0.488 e. The van der Waals surface area contributed by atoms with Crippen LogP contribution in [0.4, 0.5) is 16.2 Å². The van der Waals surface area contributed by atoms with E-state index in [1.54, 1.807) is 35.2 Å². The Morgan fingerprint density at radius 3 is 2.53 bits per heavy atom. The van der Waals surface area contributed by atoms with E-state index in [2.05, 4.69) is 10.6 Å². The number of hydrogen-bond donors (Lipinski definition) is 3. The number of likely N-dealkylation sites (N-methyl/N-ethyl adjacent to an activating group) is 1. The third-order valence-corrected chi connectivity index (χ3v) is 5.50. The molecule has 2 aromatic carbocycles. The number of fused-ring (bicyclic) bond motifs is 1. The van der Waals surface area contributed by atoms with Crippen LogP contribution in [0.2, 0.25) is 0 Å². The van der Waals surface area contributed by atoms with Crippen molar-refractivity contribution in [2.45, 2.75) is 26.0 Å². The maximum absolute atomic E-state index is 13.4. The third-order valence-electron chi connectivity index (χ3n) is 5.50. The van der Waals surface area contributed by atoms with Crippen LogP contribution in [0.3, 0.4) is 0 Å². The first-order valence-electron chi connectivity index (χ1n) is 10.8. The summed E-state index contributed by atoms with van der Waals surface area (Å²) in [7, 11) is 3.96. The topological polar surface area (TPSA) is 94.1 Å².